The van der Waals surface area contributed by atoms with Crippen molar-refractivity contribution < 1.29 is 9.59 Å². The monoisotopic (exact) mass is 356 g/mol. The van der Waals surface area contributed by atoms with Crippen LogP contribution in [0.15, 0.2) is 4.47 Å². The zero-order valence-corrected chi connectivity index (χ0v) is 14.4. The maximum atomic E-state index is 12.5. The van der Waals surface area contributed by atoms with Crippen LogP contribution < -0.4 is 5.32 Å². The van der Waals surface area contributed by atoms with E-state index in [1.807, 2.05) is 20.9 Å². The van der Waals surface area contributed by atoms with E-state index in [2.05, 4.69) is 26.3 Å². The molecule has 0 spiro atoms. The molecule has 1 saturated heterocycles. The van der Waals surface area contributed by atoms with Crippen molar-refractivity contribution in [3.8, 4) is 0 Å². The van der Waals surface area contributed by atoms with Crippen LogP contribution >= 0.6 is 15.9 Å². The Morgan fingerprint density at radius 3 is 2.62 bits per heavy atom. The number of amides is 2. The maximum absolute atomic E-state index is 12.5. The standard InChI is InChI=1S/C14H21BrN4O2/c1-5-10-13(15)11(18(4)17-10)7-19-8(2)6-12(20)16-9(3)14(19)21/h8-9H,5-7H2,1-4H3,(H,16,20). The number of rotatable bonds is 3. The highest BCUT2D eigenvalue weighted by Gasteiger charge is 2.32. The van der Waals surface area contributed by atoms with Gasteiger partial charge >= 0.3 is 0 Å². The summed E-state index contributed by atoms with van der Waals surface area (Å²) in [5, 5.41) is 7.17. The summed E-state index contributed by atoms with van der Waals surface area (Å²) in [6.45, 7) is 6.12. The third kappa shape index (κ3) is 3.12. The largest absolute Gasteiger partial charge is 0.345 e. The Morgan fingerprint density at radius 1 is 1.38 bits per heavy atom. The maximum Gasteiger partial charge on any atom is 0.245 e. The quantitative estimate of drug-likeness (QED) is 0.889. The van der Waals surface area contributed by atoms with Crippen LogP contribution in [-0.2, 0) is 29.6 Å². The number of aromatic nitrogens is 2. The summed E-state index contributed by atoms with van der Waals surface area (Å²) in [6.07, 6.45) is 1.15. The van der Waals surface area contributed by atoms with E-state index < -0.39 is 6.04 Å². The molecule has 0 radical (unpaired) electrons. The van der Waals surface area contributed by atoms with Crippen LogP contribution in [0.5, 0.6) is 0 Å². The summed E-state index contributed by atoms with van der Waals surface area (Å²) in [4.78, 5) is 25.9. The molecular formula is C14H21BrN4O2. The normalized spacial score (nSPS) is 23.2. The lowest BCUT2D eigenvalue weighted by atomic mass is 10.2. The van der Waals surface area contributed by atoms with Crippen molar-refractivity contribution in [2.45, 2.75) is 52.2 Å². The van der Waals surface area contributed by atoms with E-state index in [1.54, 1.807) is 16.5 Å². The second-order valence-corrected chi connectivity index (χ2v) is 6.29. The minimum Gasteiger partial charge on any atom is -0.345 e. The second kappa shape index (κ2) is 6.17. The highest BCUT2D eigenvalue weighted by molar-refractivity contribution is 9.10. The van der Waals surface area contributed by atoms with Gasteiger partial charge in [-0.25, -0.2) is 0 Å². The highest BCUT2D eigenvalue weighted by atomic mass is 79.9. The van der Waals surface area contributed by atoms with Crippen LogP contribution in [0.4, 0.5) is 0 Å². The molecule has 1 aromatic heterocycles. The Kier molecular flexibility index (Phi) is 4.70. The molecule has 2 amide bonds. The number of hydrogen-bond acceptors (Lipinski definition) is 3. The van der Waals surface area contributed by atoms with E-state index in [9.17, 15) is 9.59 Å². The first-order valence-corrected chi connectivity index (χ1v) is 7.94. The zero-order valence-electron chi connectivity index (χ0n) is 12.8. The molecule has 1 fully saturated rings. The summed E-state index contributed by atoms with van der Waals surface area (Å²) >= 11 is 3.57. The van der Waals surface area contributed by atoms with Crippen molar-refractivity contribution in [2.75, 3.05) is 0 Å². The van der Waals surface area contributed by atoms with E-state index in [-0.39, 0.29) is 17.9 Å². The summed E-state index contributed by atoms with van der Waals surface area (Å²) in [5.74, 6) is -0.135. The SMILES string of the molecule is CCc1nn(C)c(CN2C(=O)C(C)NC(=O)CC2C)c1Br. The van der Waals surface area contributed by atoms with Gasteiger partial charge in [0, 0.05) is 19.5 Å². The number of nitrogens with one attached hydrogen (secondary N) is 1. The number of nitrogens with zero attached hydrogens (tertiary/aromatic N) is 3. The lowest BCUT2D eigenvalue weighted by Gasteiger charge is -2.28. The molecule has 0 aromatic carbocycles. The van der Waals surface area contributed by atoms with Gasteiger partial charge in [-0.1, -0.05) is 6.92 Å². The van der Waals surface area contributed by atoms with Crippen LogP contribution in [0.1, 0.15) is 38.6 Å². The Hall–Kier alpha value is -1.37. The molecule has 6 nitrogen and oxygen atoms in total. The van der Waals surface area contributed by atoms with Gasteiger partial charge < -0.3 is 10.2 Å². The zero-order chi connectivity index (χ0) is 15.7. The summed E-state index contributed by atoms with van der Waals surface area (Å²) in [5.41, 5.74) is 1.93. The molecule has 1 N–H and O–H groups in total. The van der Waals surface area contributed by atoms with Gasteiger partial charge in [0.25, 0.3) is 0 Å². The van der Waals surface area contributed by atoms with Crippen molar-refractivity contribution in [1.82, 2.24) is 20.0 Å². The molecule has 1 aromatic rings. The molecule has 2 heterocycles. The first-order valence-electron chi connectivity index (χ1n) is 7.15. The van der Waals surface area contributed by atoms with Crippen LogP contribution in [0, 0.1) is 0 Å². The fourth-order valence-corrected chi connectivity index (χ4v) is 3.33. The van der Waals surface area contributed by atoms with E-state index in [0.717, 1.165) is 22.3 Å². The van der Waals surface area contributed by atoms with Crippen molar-refractivity contribution in [1.29, 1.82) is 0 Å². The Bertz CT molecular complexity index is 570. The predicted octanol–water partition coefficient (Wildman–Crippen LogP) is 1.37. The molecule has 116 valence electrons. The first kappa shape index (κ1) is 16.0. The van der Waals surface area contributed by atoms with Crippen molar-refractivity contribution in [3.63, 3.8) is 0 Å². The van der Waals surface area contributed by atoms with Crippen LogP contribution in [-0.4, -0.2) is 38.6 Å². The first-order chi connectivity index (χ1) is 9.85. The third-order valence-corrected chi connectivity index (χ3v) is 4.78. The van der Waals surface area contributed by atoms with Gasteiger partial charge in [0.2, 0.25) is 11.8 Å². The average molecular weight is 357 g/mol. The van der Waals surface area contributed by atoms with Gasteiger partial charge in [0.05, 0.1) is 22.4 Å². The summed E-state index contributed by atoms with van der Waals surface area (Å²) in [7, 11) is 1.87. The molecule has 0 aliphatic carbocycles. The molecule has 7 heteroatoms. The molecule has 0 saturated carbocycles. The number of halogens is 1. The molecular weight excluding hydrogens is 336 g/mol. The van der Waals surface area contributed by atoms with Gasteiger partial charge in [-0.05, 0) is 36.2 Å². The van der Waals surface area contributed by atoms with Gasteiger partial charge in [0.15, 0.2) is 0 Å². The van der Waals surface area contributed by atoms with Crippen molar-refractivity contribution >= 4 is 27.7 Å². The average Bonchev–Trinajstić information content (AvgIpc) is 2.64. The topological polar surface area (TPSA) is 67.2 Å². The Morgan fingerprint density at radius 2 is 2.05 bits per heavy atom. The molecule has 2 unspecified atom stereocenters. The second-order valence-electron chi connectivity index (χ2n) is 5.49. The molecule has 2 atom stereocenters. The van der Waals surface area contributed by atoms with Crippen LogP contribution in [0.3, 0.4) is 0 Å². The predicted molar refractivity (Wildman–Crippen MR) is 82.5 cm³/mol. The van der Waals surface area contributed by atoms with E-state index in [0.29, 0.717) is 13.0 Å². The Labute approximate surface area is 133 Å². The number of hydrogen-bond donors (Lipinski definition) is 1. The van der Waals surface area contributed by atoms with E-state index in [4.69, 9.17) is 0 Å². The van der Waals surface area contributed by atoms with Crippen LogP contribution in [0.2, 0.25) is 0 Å². The van der Waals surface area contributed by atoms with E-state index in [1.165, 1.54) is 0 Å². The summed E-state index contributed by atoms with van der Waals surface area (Å²) in [6, 6.07) is -0.616. The minimum absolute atomic E-state index is 0.0560. The molecule has 2 rings (SSSR count). The molecule has 1 aliphatic rings. The lowest BCUT2D eigenvalue weighted by Crippen LogP contribution is -2.44. The fraction of sp³-hybridized carbons (Fsp3) is 0.643. The van der Waals surface area contributed by atoms with Gasteiger partial charge in [0.1, 0.15) is 6.04 Å². The smallest absolute Gasteiger partial charge is 0.245 e. The molecule has 21 heavy (non-hydrogen) atoms. The van der Waals surface area contributed by atoms with Gasteiger partial charge in [-0.3, -0.25) is 14.3 Å². The highest BCUT2D eigenvalue weighted by Crippen LogP contribution is 2.25. The number of carbonyl (C=O) groups excluding carboxylic acids is 2. The van der Waals surface area contributed by atoms with Crippen molar-refractivity contribution in [3.05, 3.63) is 15.9 Å². The van der Waals surface area contributed by atoms with Gasteiger partial charge in [-0.15, -0.1) is 0 Å². The minimum atomic E-state index is -0.486. The molecule has 1 aliphatic heterocycles. The van der Waals surface area contributed by atoms with Gasteiger partial charge in [-0.2, -0.15) is 5.10 Å². The number of aryl methyl sites for hydroxylation is 2. The number of carbonyl (C=O) groups is 2. The van der Waals surface area contributed by atoms with E-state index >= 15 is 0 Å². The molecule has 0 bridgehead atoms. The Balaban J connectivity index is 2.30. The third-order valence-electron chi connectivity index (χ3n) is 3.87. The lowest BCUT2D eigenvalue weighted by molar-refractivity contribution is -0.135. The van der Waals surface area contributed by atoms with Crippen molar-refractivity contribution in [2.24, 2.45) is 7.05 Å². The van der Waals surface area contributed by atoms with Crippen LogP contribution in [0.25, 0.3) is 0 Å². The fourth-order valence-electron chi connectivity index (χ4n) is 2.59. The summed E-state index contributed by atoms with van der Waals surface area (Å²) < 4.78 is 2.75.